The molecule has 1 N–H and O–H groups in total. The molecule has 142 valence electrons. The van der Waals surface area contributed by atoms with Crippen molar-refractivity contribution in [2.75, 3.05) is 36.6 Å². The molecule has 2 aromatic carbocycles. The number of anilines is 2. The second-order valence-electron chi connectivity index (χ2n) is 5.52. The van der Waals surface area contributed by atoms with Crippen LogP contribution in [-0.2, 0) is 14.8 Å². The summed E-state index contributed by atoms with van der Waals surface area (Å²) < 4.78 is 35.5. The van der Waals surface area contributed by atoms with Gasteiger partial charge in [0.05, 0.1) is 31.7 Å². The third kappa shape index (κ3) is 4.89. The highest BCUT2D eigenvalue weighted by molar-refractivity contribution is 7.92. The smallest absolute Gasteiger partial charge is 0.245 e. The van der Waals surface area contributed by atoms with Crippen molar-refractivity contribution in [3.05, 3.63) is 48.0 Å². The predicted molar refractivity (Wildman–Crippen MR) is 102 cm³/mol. The van der Waals surface area contributed by atoms with E-state index in [2.05, 4.69) is 5.32 Å². The van der Waals surface area contributed by atoms with Gasteiger partial charge in [0.25, 0.3) is 0 Å². The Balaban J connectivity index is 2.27. The third-order valence-corrected chi connectivity index (χ3v) is 4.77. The molecule has 0 atom stereocenters. The lowest BCUT2D eigenvalue weighted by molar-refractivity contribution is -0.114. The van der Waals surface area contributed by atoms with Gasteiger partial charge in [-0.2, -0.15) is 5.26 Å². The Bertz CT molecular complexity index is 983. The summed E-state index contributed by atoms with van der Waals surface area (Å²) in [7, 11) is -0.826. The van der Waals surface area contributed by atoms with Crippen LogP contribution in [0.2, 0.25) is 0 Å². The van der Waals surface area contributed by atoms with E-state index in [-0.39, 0.29) is 11.3 Å². The van der Waals surface area contributed by atoms with E-state index in [9.17, 15) is 18.5 Å². The average molecular weight is 389 g/mol. The number of carbonyl (C=O) groups is 1. The van der Waals surface area contributed by atoms with E-state index >= 15 is 0 Å². The number of nitrogens with one attached hydrogen (secondary N) is 1. The van der Waals surface area contributed by atoms with Crippen LogP contribution in [0.4, 0.5) is 11.4 Å². The first-order chi connectivity index (χ1) is 12.8. The summed E-state index contributed by atoms with van der Waals surface area (Å²) in [6, 6.07) is 12.9. The van der Waals surface area contributed by atoms with Crippen LogP contribution in [0.1, 0.15) is 5.56 Å². The van der Waals surface area contributed by atoms with Crippen molar-refractivity contribution in [1.82, 2.24) is 0 Å². The van der Waals surface area contributed by atoms with Gasteiger partial charge in [-0.25, -0.2) is 8.42 Å². The Morgan fingerprint density at radius 1 is 1.15 bits per heavy atom. The van der Waals surface area contributed by atoms with Gasteiger partial charge >= 0.3 is 0 Å². The Morgan fingerprint density at radius 2 is 1.81 bits per heavy atom. The minimum Gasteiger partial charge on any atom is -0.493 e. The van der Waals surface area contributed by atoms with Crippen LogP contribution >= 0.6 is 0 Å². The maximum Gasteiger partial charge on any atom is 0.245 e. The molecule has 0 heterocycles. The largest absolute Gasteiger partial charge is 0.493 e. The Labute approximate surface area is 158 Å². The van der Waals surface area contributed by atoms with Crippen molar-refractivity contribution in [3.63, 3.8) is 0 Å². The van der Waals surface area contributed by atoms with E-state index in [1.165, 1.54) is 26.4 Å². The van der Waals surface area contributed by atoms with Crippen molar-refractivity contribution in [3.8, 4) is 17.6 Å². The molecule has 0 aliphatic carbocycles. The van der Waals surface area contributed by atoms with Gasteiger partial charge in [0.1, 0.15) is 12.6 Å². The van der Waals surface area contributed by atoms with Gasteiger partial charge in [0, 0.05) is 11.8 Å². The second-order valence-corrected chi connectivity index (χ2v) is 7.42. The Hall–Kier alpha value is -3.25. The van der Waals surface area contributed by atoms with Crippen LogP contribution in [0, 0.1) is 11.3 Å². The number of methoxy groups -OCH3 is 2. The highest BCUT2D eigenvalue weighted by atomic mass is 32.2. The Morgan fingerprint density at radius 3 is 2.41 bits per heavy atom. The average Bonchev–Trinajstić information content (AvgIpc) is 2.65. The molecule has 0 radical (unpaired) electrons. The SMILES string of the molecule is COc1ccc(NC(=O)CN(c2ccccc2C#N)S(C)(=O)=O)cc1OC. The number of carbonyl (C=O) groups excluding carboxylic acids is 1. The first kappa shape index (κ1) is 20.1. The van der Waals surface area contributed by atoms with E-state index in [0.29, 0.717) is 17.2 Å². The highest BCUT2D eigenvalue weighted by Crippen LogP contribution is 2.30. The molecule has 0 saturated heterocycles. The number of hydrogen-bond donors (Lipinski definition) is 1. The number of rotatable bonds is 7. The summed E-state index contributed by atoms with van der Waals surface area (Å²) in [6.45, 7) is -0.480. The summed E-state index contributed by atoms with van der Waals surface area (Å²) in [6.07, 6.45) is 0.977. The van der Waals surface area contributed by atoms with E-state index < -0.39 is 22.5 Å². The summed E-state index contributed by atoms with van der Waals surface area (Å²) in [5.74, 6) is 0.349. The molecule has 0 aliphatic rings. The quantitative estimate of drug-likeness (QED) is 0.776. The van der Waals surface area contributed by atoms with E-state index in [4.69, 9.17) is 9.47 Å². The van der Waals surface area contributed by atoms with Gasteiger partial charge in [-0.05, 0) is 24.3 Å². The summed E-state index contributed by atoms with van der Waals surface area (Å²) in [4.78, 5) is 12.4. The molecule has 0 saturated carbocycles. The number of nitrogens with zero attached hydrogens (tertiary/aromatic N) is 2. The fourth-order valence-corrected chi connectivity index (χ4v) is 3.28. The lowest BCUT2D eigenvalue weighted by atomic mass is 10.2. The minimum atomic E-state index is -3.78. The van der Waals surface area contributed by atoms with Crippen LogP contribution in [0.25, 0.3) is 0 Å². The fraction of sp³-hybridized carbons (Fsp3) is 0.222. The van der Waals surface area contributed by atoms with Gasteiger partial charge in [-0.15, -0.1) is 0 Å². The number of sulfonamides is 1. The number of hydrogen-bond acceptors (Lipinski definition) is 6. The zero-order chi connectivity index (χ0) is 20.0. The maximum absolute atomic E-state index is 12.4. The second kappa shape index (κ2) is 8.42. The van der Waals surface area contributed by atoms with Crippen LogP contribution in [0.3, 0.4) is 0 Å². The molecular weight excluding hydrogens is 370 g/mol. The van der Waals surface area contributed by atoms with Gasteiger partial charge in [-0.3, -0.25) is 9.10 Å². The van der Waals surface area contributed by atoms with Gasteiger partial charge in [0.15, 0.2) is 11.5 Å². The minimum absolute atomic E-state index is 0.143. The molecule has 0 fully saturated rings. The summed E-state index contributed by atoms with van der Waals surface area (Å²) >= 11 is 0. The molecule has 2 rings (SSSR count). The molecule has 2 aromatic rings. The molecule has 0 aromatic heterocycles. The monoisotopic (exact) mass is 389 g/mol. The van der Waals surface area contributed by atoms with E-state index in [1.807, 2.05) is 6.07 Å². The first-order valence-corrected chi connectivity index (χ1v) is 9.63. The van der Waals surface area contributed by atoms with Crippen LogP contribution < -0.4 is 19.1 Å². The van der Waals surface area contributed by atoms with Crippen LogP contribution in [-0.4, -0.2) is 41.3 Å². The standard InChI is InChI=1S/C18H19N3O5S/c1-25-16-9-8-14(10-17(16)26-2)20-18(22)12-21(27(3,23)24)15-7-5-4-6-13(15)11-19/h4-10H,12H2,1-3H3,(H,20,22). The zero-order valence-electron chi connectivity index (χ0n) is 15.1. The summed E-state index contributed by atoms with van der Waals surface area (Å²) in [5.41, 5.74) is 0.714. The third-order valence-electron chi connectivity index (χ3n) is 3.65. The lowest BCUT2D eigenvalue weighted by Crippen LogP contribution is -2.37. The number of ether oxygens (including phenoxy) is 2. The summed E-state index contributed by atoms with van der Waals surface area (Å²) in [5, 5.41) is 11.8. The normalized spacial score (nSPS) is 10.6. The van der Waals surface area contributed by atoms with E-state index in [1.54, 1.807) is 30.3 Å². The van der Waals surface area contributed by atoms with Crippen molar-refractivity contribution in [1.29, 1.82) is 5.26 Å². The van der Waals surface area contributed by atoms with Gasteiger partial charge in [-0.1, -0.05) is 12.1 Å². The lowest BCUT2D eigenvalue weighted by Gasteiger charge is -2.22. The number of para-hydroxylation sites is 1. The van der Waals surface area contributed by atoms with Crippen molar-refractivity contribution in [2.45, 2.75) is 0 Å². The molecule has 9 heteroatoms. The Kier molecular flexibility index (Phi) is 6.26. The molecule has 0 aliphatic heterocycles. The number of benzene rings is 2. The molecule has 0 unspecified atom stereocenters. The molecule has 8 nitrogen and oxygen atoms in total. The van der Waals surface area contributed by atoms with Crippen LogP contribution in [0.5, 0.6) is 11.5 Å². The van der Waals surface area contributed by atoms with Gasteiger partial charge in [0.2, 0.25) is 15.9 Å². The van der Waals surface area contributed by atoms with Crippen molar-refractivity contribution in [2.24, 2.45) is 0 Å². The molecule has 1 amide bonds. The molecule has 27 heavy (non-hydrogen) atoms. The van der Waals surface area contributed by atoms with Crippen molar-refractivity contribution >= 4 is 27.3 Å². The van der Waals surface area contributed by atoms with Gasteiger partial charge < -0.3 is 14.8 Å². The zero-order valence-corrected chi connectivity index (χ0v) is 15.9. The van der Waals surface area contributed by atoms with Crippen LogP contribution in [0.15, 0.2) is 42.5 Å². The maximum atomic E-state index is 12.4. The molecule has 0 spiro atoms. The number of amides is 1. The number of nitriles is 1. The predicted octanol–water partition coefficient (Wildman–Crippen LogP) is 1.98. The highest BCUT2D eigenvalue weighted by Gasteiger charge is 2.23. The van der Waals surface area contributed by atoms with E-state index in [0.717, 1.165) is 10.6 Å². The molecular formula is C18H19N3O5S. The fourth-order valence-electron chi connectivity index (χ4n) is 2.41. The topological polar surface area (TPSA) is 109 Å². The molecule has 0 bridgehead atoms. The first-order valence-electron chi connectivity index (χ1n) is 7.79. The van der Waals surface area contributed by atoms with Crippen molar-refractivity contribution < 1.29 is 22.7 Å².